The van der Waals surface area contributed by atoms with E-state index < -0.39 is 0 Å². The second kappa shape index (κ2) is 8.15. The summed E-state index contributed by atoms with van der Waals surface area (Å²) in [6, 6.07) is 11.6. The van der Waals surface area contributed by atoms with Crippen molar-refractivity contribution in [3.63, 3.8) is 0 Å². The van der Waals surface area contributed by atoms with Gasteiger partial charge in [0.25, 0.3) is 5.91 Å². The number of carbonyl (C=O) groups excluding carboxylic acids is 1. The summed E-state index contributed by atoms with van der Waals surface area (Å²) in [4.78, 5) is 11.9. The van der Waals surface area contributed by atoms with Crippen LogP contribution >= 0.6 is 0 Å². The van der Waals surface area contributed by atoms with Crippen LogP contribution in [0, 0.1) is 20.8 Å². The van der Waals surface area contributed by atoms with Crippen LogP contribution in [-0.4, -0.2) is 25.8 Å². The molecule has 0 spiro atoms. The van der Waals surface area contributed by atoms with Crippen LogP contribution in [0.1, 0.15) is 22.3 Å². The lowest BCUT2D eigenvalue weighted by Crippen LogP contribution is -2.26. The van der Waals surface area contributed by atoms with Gasteiger partial charge in [0, 0.05) is 5.69 Å². The SMILES string of the molecule is COc1ccc(/C=N\NC(=O)CNc2c(C)cc(C)cc2C)cc1. The van der Waals surface area contributed by atoms with Gasteiger partial charge in [0.2, 0.25) is 0 Å². The molecule has 0 aliphatic carbocycles. The van der Waals surface area contributed by atoms with E-state index in [1.807, 2.05) is 38.1 Å². The van der Waals surface area contributed by atoms with Gasteiger partial charge in [-0.3, -0.25) is 4.79 Å². The van der Waals surface area contributed by atoms with E-state index in [4.69, 9.17) is 4.74 Å². The third-order valence-electron chi connectivity index (χ3n) is 3.62. The maximum atomic E-state index is 11.9. The van der Waals surface area contributed by atoms with Crippen LogP contribution in [0.15, 0.2) is 41.5 Å². The van der Waals surface area contributed by atoms with Crippen molar-refractivity contribution in [1.82, 2.24) is 5.43 Å². The van der Waals surface area contributed by atoms with Gasteiger partial charge in [-0.25, -0.2) is 5.43 Å². The van der Waals surface area contributed by atoms with Crippen molar-refractivity contribution in [2.75, 3.05) is 19.0 Å². The predicted octanol–water partition coefficient (Wildman–Crippen LogP) is 3.18. The summed E-state index contributed by atoms with van der Waals surface area (Å²) in [5, 5.41) is 7.13. The molecule has 0 unspecified atom stereocenters. The van der Waals surface area contributed by atoms with Crippen LogP contribution in [0.5, 0.6) is 5.75 Å². The Morgan fingerprint density at radius 2 is 1.75 bits per heavy atom. The molecule has 0 fully saturated rings. The normalized spacial score (nSPS) is 10.7. The molecule has 24 heavy (non-hydrogen) atoms. The largest absolute Gasteiger partial charge is 0.497 e. The average molecular weight is 325 g/mol. The van der Waals surface area contributed by atoms with E-state index in [1.165, 1.54) is 5.56 Å². The molecule has 0 aliphatic rings. The van der Waals surface area contributed by atoms with Gasteiger partial charge in [0.1, 0.15) is 5.75 Å². The summed E-state index contributed by atoms with van der Waals surface area (Å²) in [5.74, 6) is 0.586. The summed E-state index contributed by atoms with van der Waals surface area (Å²) < 4.78 is 5.09. The standard InChI is InChI=1S/C19H23N3O2/c1-13-9-14(2)19(15(3)10-13)20-12-18(23)22-21-11-16-5-7-17(24-4)8-6-16/h5-11,20H,12H2,1-4H3,(H,22,23)/b21-11-. The lowest BCUT2D eigenvalue weighted by molar-refractivity contribution is -0.119. The summed E-state index contributed by atoms with van der Waals surface area (Å²) in [6.45, 7) is 6.29. The van der Waals surface area contributed by atoms with Crippen molar-refractivity contribution in [2.45, 2.75) is 20.8 Å². The van der Waals surface area contributed by atoms with Crippen LogP contribution < -0.4 is 15.5 Å². The van der Waals surface area contributed by atoms with Gasteiger partial charge in [-0.05, 0) is 61.7 Å². The first-order valence-electron chi connectivity index (χ1n) is 7.77. The molecule has 0 radical (unpaired) electrons. The molecule has 5 nitrogen and oxygen atoms in total. The Hall–Kier alpha value is -2.82. The number of carbonyl (C=O) groups is 1. The molecule has 2 N–H and O–H groups in total. The van der Waals surface area contributed by atoms with E-state index in [-0.39, 0.29) is 12.5 Å². The maximum absolute atomic E-state index is 11.9. The molecule has 0 atom stereocenters. The van der Waals surface area contributed by atoms with Crippen molar-refractivity contribution in [3.05, 3.63) is 58.7 Å². The summed E-state index contributed by atoms with van der Waals surface area (Å²) in [7, 11) is 1.62. The van der Waals surface area contributed by atoms with Gasteiger partial charge >= 0.3 is 0 Å². The van der Waals surface area contributed by atoms with Gasteiger partial charge in [-0.2, -0.15) is 5.10 Å². The van der Waals surface area contributed by atoms with Crippen LogP contribution in [0.3, 0.4) is 0 Å². The molecule has 0 bridgehead atoms. The first-order chi connectivity index (χ1) is 11.5. The highest BCUT2D eigenvalue weighted by atomic mass is 16.5. The first kappa shape index (κ1) is 17.5. The Balaban J connectivity index is 1.86. The number of methoxy groups -OCH3 is 1. The lowest BCUT2D eigenvalue weighted by Gasteiger charge is -2.13. The third kappa shape index (κ3) is 4.84. The number of aryl methyl sites for hydroxylation is 3. The van der Waals surface area contributed by atoms with Crippen LogP contribution in [0.25, 0.3) is 0 Å². The van der Waals surface area contributed by atoms with E-state index in [9.17, 15) is 4.79 Å². The minimum absolute atomic E-state index is 0.171. The van der Waals surface area contributed by atoms with Crippen molar-refractivity contribution in [1.29, 1.82) is 0 Å². The molecule has 0 heterocycles. The number of amides is 1. The highest BCUT2D eigenvalue weighted by molar-refractivity contribution is 5.84. The monoisotopic (exact) mass is 325 g/mol. The topological polar surface area (TPSA) is 62.7 Å². The molecule has 0 saturated heterocycles. The van der Waals surface area contributed by atoms with E-state index in [0.29, 0.717) is 0 Å². The van der Waals surface area contributed by atoms with E-state index in [2.05, 4.69) is 34.9 Å². The van der Waals surface area contributed by atoms with Crippen molar-refractivity contribution < 1.29 is 9.53 Å². The number of benzene rings is 2. The lowest BCUT2D eigenvalue weighted by atomic mass is 10.1. The minimum atomic E-state index is -0.195. The van der Waals surface area contributed by atoms with Crippen molar-refractivity contribution in [2.24, 2.45) is 5.10 Å². The first-order valence-corrected chi connectivity index (χ1v) is 7.77. The third-order valence-corrected chi connectivity index (χ3v) is 3.62. The molecule has 0 saturated carbocycles. The molecule has 0 aliphatic heterocycles. The van der Waals surface area contributed by atoms with Crippen molar-refractivity contribution >= 4 is 17.8 Å². The number of anilines is 1. The maximum Gasteiger partial charge on any atom is 0.259 e. The zero-order valence-corrected chi connectivity index (χ0v) is 14.5. The summed E-state index contributed by atoms with van der Waals surface area (Å²) >= 11 is 0. The van der Waals surface area contributed by atoms with Crippen LogP contribution in [-0.2, 0) is 4.79 Å². The number of hydrogen-bond donors (Lipinski definition) is 2. The number of hydrazone groups is 1. The minimum Gasteiger partial charge on any atom is -0.497 e. The Bertz CT molecular complexity index is 714. The van der Waals surface area contributed by atoms with E-state index >= 15 is 0 Å². The number of nitrogens with one attached hydrogen (secondary N) is 2. The fraction of sp³-hybridized carbons (Fsp3) is 0.263. The molecule has 2 aromatic carbocycles. The number of ether oxygens (including phenoxy) is 1. The summed E-state index contributed by atoms with van der Waals surface area (Å²) in [5.41, 5.74) is 7.86. The van der Waals surface area contributed by atoms with Gasteiger partial charge < -0.3 is 10.1 Å². The predicted molar refractivity (Wildman–Crippen MR) is 97.9 cm³/mol. The number of nitrogens with zero attached hydrogens (tertiary/aromatic N) is 1. The molecule has 5 heteroatoms. The van der Waals surface area contributed by atoms with E-state index in [1.54, 1.807) is 13.3 Å². The van der Waals surface area contributed by atoms with Gasteiger partial charge in [-0.1, -0.05) is 17.7 Å². The van der Waals surface area contributed by atoms with Crippen LogP contribution in [0.4, 0.5) is 5.69 Å². The molecular formula is C19H23N3O2. The second-order valence-corrected chi connectivity index (χ2v) is 5.69. The Kier molecular flexibility index (Phi) is 5.95. The molecule has 2 aromatic rings. The van der Waals surface area contributed by atoms with Gasteiger partial charge in [-0.15, -0.1) is 0 Å². The smallest absolute Gasteiger partial charge is 0.259 e. The Morgan fingerprint density at radius 3 is 2.33 bits per heavy atom. The van der Waals surface area contributed by atoms with Gasteiger partial charge in [0.15, 0.2) is 0 Å². The second-order valence-electron chi connectivity index (χ2n) is 5.69. The summed E-state index contributed by atoms with van der Waals surface area (Å²) in [6.07, 6.45) is 1.60. The Labute approximate surface area is 142 Å². The highest BCUT2D eigenvalue weighted by Crippen LogP contribution is 2.21. The fourth-order valence-electron chi connectivity index (χ4n) is 2.54. The van der Waals surface area contributed by atoms with Crippen molar-refractivity contribution in [3.8, 4) is 5.75 Å². The molecular weight excluding hydrogens is 302 g/mol. The number of hydrogen-bond acceptors (Lipinski definition) is 4. The van der Waals surface area contributed by atoms with Crippen LogP contribution in [0.2, 0.25) is 0 Å². The zero-order valence-electron chi connectivity index (χ0n) is 14.5. The molecule has 1 amide bonds. The van der Waals surface area contributed by atoms with Gasteiger partial charge in [0.05, 0.1) is 19.9 Å². The zero-order chi connectivity index (χ0) is 17.5. The fourth-order valence-corrected chi connectivity index (χ4v) is 2.54. The number of rotatable bonds is 6. The highest BCUT2D eigenvalue weighted by Gasteiger charge is 2.05. The molecule has 0 aromatic heterocycles. The van der Waals surface area contributed by atoms with E-state index in [0.717, 1.165) is 28.1 Å². The molecule has 126 valence electrons. The molecule has 2 rings (SSSR count). The quantitative estimate of drug-likeness (QED) is 0.633. The average Bonchev–Trinajstić information content (AvgIpc) is 2.54. The Morgan fingerprint density at radius 1 is 1.12 bits per heavy atom.